The number of anilines is 1. The van der Waals surface area contributed by atoms with Gasteiger partial charge < -0.3 is 5.32 Å². The quantitative estimate of drug-likeness (QED) is 0.846. The second-order valence-electron chi connectivity index (χ2n) is 3.01. The molecular weight excluding hydrogens is 251 g/mol. The van der Waals surface area contributed by atoms with Crippen LogP contribution in [0.2, 0.25) is 0 Å². The van der Waals surface area contributed by atoms with Gasteiger partial charge in [0, 0.05) is 11.3 Å². The minimum atomic E-state index is -4.40. The minimum Gasteiger partial charge on any atom is -0.325 e. The number of rotatable bonds is 3. The van der Waals surface area contributed by atoms with Crippen molar-refractivity contribution in [3.8, 4) is 12.3 Å². The Balaban J connectivity index is 2.54. The molecule has 0 aromatic heterocycles. The average molecular weight is 259 g/mol. The molecule has 0 bridgehead atoms. The van der Waals surface area contributed by atoms with Crippen LogP contribution in [0.25, 0.3) is 0 Å². The van der Waals surface area contributed by atoms with Gasteiger partial charge in [-0.3, -0.25) is 4.79 Å². The zero-order valence-corrected chi connectivity index (χ0v) is 9.36. The summed E-state index contributed by atoms with van der Waals surface area (Å²) in [6.45, 7) is 0. The molecule has 0 radical (unpaired) electrons. The molecule has 1 aromatic rings. The number of nitrogens with one attached hydrogen (secondary N) is 1. The van der Waals surface area contributed by atoms with E-state index in [0.29, 0.717) is 11.3 Å². The Kier molecular flexibility index (Phi) is 4.46. The Morgan fingerprint density at radius 1 is 1.47 bits per heavy atom. The molecule has 0 heterocycles. The molecule has 6 heteroatoms. The van der Waals surface area contributed by atoms with Gasteiger partial charge in [0.05, 0.1) is 5.75 Å². The van der Waals surface area contributed by atoms with Crippen molar-refractivity contribution in [2.45, 2.75) is 5.51 Å². The van der Waals surface area contributed by atoms with Gasteiger partial charge in [0.25, 0.3) is 0 Å². The van der Waals surface area contributed by atoms with E-state index in [1.165, 1.54) is 6.07 Å². The molecular formula is C11H8F3NOS. The number of carbonyl (C=O) groups is 1. The Labute approximate surface area is 101 Å². The van der Waals surface area contributed by atoms with Crippen molar-refractivity contribution in [1.82, 2.24) is 0 Å². The smallest absolute Gasteiger partial charge is 0.325 e. The first-order valence-electron chi connectivity index (χ1n) is 4.48. The van der Waals surface area contributed by atoms with Crippen molar-refractivity contribution in [2.75, 3.05) is 11.1 Å². The summed E-state index contributed by atoms with van der Waals surface area (Å²) in [5.74, 6) is 0.963. The summed E-state index contributed by atoms with van der Waals surface area (Å²) in [7, 11) is 0. The van der Waals surface area contributed by atoms with Crippen molar-refractivity contribution >= 4 is 23.4 Å². The molecule has 17 heavy (non-hydrogen) atoms. The Hall–Kier alpha value is -1.61. The summed E-state index contributed by atoms with van der Waals surface area (Å²) in [5.41, 5.74) is -3.47. The first-order chi connectivity index (χ1) is 7.90. The van der Waals surface area contributed by atoms with Gasteiger partial charge in [-0.2, -0.15) is 13.2 Å². The minimum absolute atomic E-state index is 0.381. The zero-order valence-electron chi connectivity index (χ0n) is 8.54. The van der Waals surface area contributed by atoms with Crippen LogP contribution in [0.15, 0.2) is 24.3 Å². The monoisotopic (exact) mass is 259 g/mol. The third kappa shape index (κ3) is 5.31. The van der Waals surface area contributed by atoms with Crippen LogP contribution in [0, 0.1) is 12.3 Å². The average Bonchev–Trinajstić information content (AvgIpc) is 2.26. The highest BCUT2D eigenvalue weighted by molar-refractivity contribution is 8.00. The number of benzene rings is 1. The van der Waals surface area contributed by atoms with E-state index in [1.807, 2.05) is 0 Å². The second kappa shape index (κ2) is 5.64. The van der Waals surface area contributed by atoms with Crippen molar-refractivity contribution in [2.24, 2.45) is 0 Å². The van der Waals surface area contributed by atoms with Crippen LogP contribution in [0.4, 0.5) is 18.9 Å². The molecule has 1 amide bonds. The fourth-order valence-corrected chi connectivity index (χ4v) is 1.40. The molecule has 1 aromatic carbocycles. The molecule has 0 aliphatic rings. The highest BCUT2D eigenvalue weighted by atomic mass is 32.2. The normalized spacial score (nSPS) is 10.7. The topological polar surface area (TPSA) is 29.1 Å². The number of amides is 1. The van der Waals surface area contributed by atoms with Gasteiger partial charge in [0.15, 0.2) is 0 Å². The van der Waals surface area contributed by atoms with Crippen LogP contribution in [0.5, 0.6) is 0 Å². The standard InChI is InChI=1S/C11H8F3NOS/c1-2-8-4-3-5-9(6-8)15-10(16)7-17-11(12,13)14/h1,3-6H,7H2,(H,15,16). The van der Waals surface area contributed by atoms with Gasteiger partial charge in [-0.15, -0.1) is 6.42 Å². The zero-order chi connectivity index (χ0) is 12.9. The first kappa shape index (κ1) is 13.5. The van der Waals surface area contributed by atoms with Crippen LogP contribution in [-0.4, -0.2) is 17.2 Å². The highest BCUT2D eigenvalue weighted by Crippen LogP contribution is 2.29. The summed E-state index contributed by atoms with van der Waals surface area (Å²) >= 11 is -0.381. The molecule has 1 rings (SSSR count). The lowest BCUT2D eigenvalue weighted by Crippen LogP contribution is -2.17. The number of thioether (sulfide) groups is 1. The highest BCUT2D eigenvalue weighted by Gasteiger charge is 2.29. The molecule has 0 saturated heterocycles. The van der Waals surface area contributed by atoms with E-state index < -0.39 is 17.2 Å². The van der Waals surface area contributed by atoms with Crippen LogP contribution in [-0.2, 0) is 4.79 Å². The fourth-order valence-electron chi connectivity index (χ4n) is 1.03. The molecule has 1 N–H and O–H groups in total. The molecule has 0 fully saturated rings. The van der Waals surface area contributed by atoms with Crippen molar-refractivity contribution in [3.05, 3.63) is 29.8 Å². The summed E-state index contributed by atoms with van der Waals surface area (Å²) < 4.78 is 35.5. The van der Waals surface area contributed by atoms with Crippen molar-refractivity contribution < 1.29 is 18.0 Å². The summed E-state index contributed by atoms with van der Waals surface area (Å²) in [6.07, 6.45) is 5.15. The molecule has 0 aliphatic carbocycles. The largest absolute Gasteiger partial charge is 0.442 e. The van der Waals surface area contributed by atoms with E-state index in [0.717, 1.165) is 0 Å². The van der Waals surface area contributed by atoms with Crippen LogP contribution in [0.3, 0.4) is 0 Å². The first-order valence-corrected chi connectivity index (χ1v) is 5.46. The van der Waals surface area contributed by atoms with E-state index in [1.54, 1.807) is 18.2 Å². The van der Waals surface area contributed by atoms with Crippen LogP contribution in [0.1, 0.15) is 5.56 Å². The predicted molar refractivity (Wildman–Crippen MR) is 61.5 cm³/mol. The lowest BCUT2D eigenvalue weighted by molar-refractivity contribution is -0.114. The van der Waals surface area contributed by atoms with Gasteiger partial charge in [0.2, 0.25) is 5.91 Å². The molecule has 0 aliphatic heterocycles. The number of hydrogen-bond acceptors (Lipinski definition) is 2. The summed E-state index contributed by atoms with van der Waals surface area (Å²) in [5, 5.41) is 2.33. The maximum absolute atomic E-state index is 11.8. The molecule has 2 nitrogen and oxygen atoms in total. The van der Waals surface area contributed by atoms with Gasteiger partial charge in [0.1, 0.15) is 0 Å². The lowest BCUT2D eigenvalue weighted by atomic mass is 10.2. The number of terminal acetylenes is 1. The van der Waals surface area contributed by atoms with Gasteiger partial charge in [-0.1, -0.05) is 12.0 Å². The number of halogens is 3. The third-order valence-corrected chi connectivity index (χ3v) is 2.41. The molecule has 0 unspecified atom stereocenters. The van der Waals surface area contributed by atoms with Gasteiger partial charge in [-0.05, 0) is 30.0 Å². The van der Waals surface area contributed by atoms with E-state index in [4.69, 9.17) is 6.42 Å². The second-order valence-corrected chi connectivity index (χ2v) is 4.05. The maximum atomic E-state index is 11.8. The number of hydrogen-bond donors (Lipinski definition) is 1. The van der Waals surface area contributed by atoms with Crippen LogP contribution < -0.4 is 5.32 Å². The maximum Gasteiger partial charge on any atom is 0.442 e. The number of alkyl halides is 3. The lowest BCUT2D eigenvalue weighted by Gasteiger charge is -2.07. The third-order valence-electron chi connectivity index (χ3n) is 1.68. The Bertz CT molecular complexity index is 451. The molecule has 0 spiro atoms. The van der Waals surface area contributed by atoms with Crippen molar-refractivity contribution in [1.29, 1.82) is 0 Å². The fraction of sp³-hybridized carbons (Fsp3) is 0.182. The van der Waals surface area contributed by atoms with E-state index >= 15 is 0 Å². The number of carbonyl (C=O) groups excluding carboxylic acids is 1. The molecule has 0 atom stereocenters. The van der Waals surface area contributed by atoms with E-state index in [2.05, 4.69) is 11.2 Å². The van der Waals surface area contributed by atoms with E-state index in [-0.39, 0.29) is 11.8 Å². The molecule has 0 saturated carbocycles. The Morgan fingerprint density at radius 2 is 2.18 bits per heavy atom. The van der Waals surface area contributed by atoms with Gasteiger partial charge in [-0.25, -0.2) is 0 Å². The van der Waals surface area contributed by atoms with Crippen molar-refractivity contribution in [3.63, 3.8) is 0 Å². The van der Waals surface area contributed by atoms with Gasteiger partial charge >= 0.3 is 5.51 Å². The summed E-state index contributed by atoms with van der Waals surface area (Å²) in [4.78, 5) is 11.2. The predicted octanol–water partition coefficient (Wildman–Crippen LogP) is 2.86. The SMILES string of the molecule is C#Cc1cccc(NC(=O)CSC(F)(F)F)c1. The molecule has 90 valence electrons. The Morgan fingerprint density at radius 3 is 2.76 bits per heavy atom. The van der Waals surface area contributed by atoms with E-state index in [9.17, 15) is 18.0 Å². The summed E-state index contributed by atoms with van der Waals surface area (Å²) in [6, 6.07) is 6.33. The van der Waals surface area contributed by atoms with Crippen LogP contribution >= 0.6 is 11.8 Å².